The first-order chi connectivity index (χ1) is 15.7. The summed E-state index contributed by atoms with van der Waals surface area (Å²) < 4.78 is 54.7. The number of nitrogen functional groups attached to an aromatic ring is 1. The average molecular weight is 497 g/mol. The smallest absolute Gasteiger partial charge is 0.243 e. The van der Waals surface area contributed by atoms with Crippen LogP contribution in [0.15, 0.2) is 52.5 Å². The Bertz CT molecular complexity index is 1260. The Morgan fingerprint density at radius 3 is 2.55 bits per heavy atom. The number of rotatable bonds is 9. The number of nitrogens with two attached hydrogens (primary N) is 1. The summed E-state index contributed by atoms with van der Waals surface area (Å²) in [5.74, 6) is 3.91. The van der Waals surface area contributed by atoms with E-state index in [9.17, 15) is 22.0 Å². The molecule has 3 aromatic rings. The van der Waals surface area contributed by atoms with E-state index < -0.39 is 27.6 Å². The van der Waals surface area contributed by atoms with E-state index in [1.807, 2.05) is 0 Å². The number of hydrogen-bond acceptors (Lipinski definition) is 7. The van der Waals surface area contributed by atoms with Gasteiger partial charge in [0, 0.05) is 24.7 Å². The first-order valence-electron chi connectivity index (χ1n) is 9.86. The third-order valence-electron chi connectivity index (χ3n) is 4.64. The Kier molecular flexibility index (Phi) is 7.66. The second-order valence-corrected chi connectivity index (χ2v) is 9.63. The second-order valence-electron chi connectivity index (χ2n) is 6.75. The van der Waals surface area contributed by atoms with E-state index >= 15 is 0 Å². The first-order valence-corrected chi connectivity index (χ1v) is 12.3. The van der Waals surface area contributed by atoms with E-state index in [2.05, 4.69) is 15.5 Å². The highest BCUT2D eigenvalue weighted by molar-refractivity contribution is 7.99. The fraction of sp³-hybridized carbons (Fsp3) is 0.250. The van der Waals surface area contributed by atoms with Crippen molar-refractivity contribution in [3.8, 4) is 11.4 Å². The molecule has 2 aromatic carbocycles. The number of thioether (sulfide) groups is 1. The minimum Gasteiger partial charge on any atom is -0.335 e. The van der Waals surface area contributed by atoms with Gasteiger partial charge in [0.1, 0.15) is 11.6 Å². The fourth-order valence-electron chi connectivity index (χ4n) is 2.99. The van der Waals surface area contributed by atoms with Crippen LogP contribution in [0, 0.1) is 11.6 Å². The van der Waals surface area contributed by atoms with E-state index in [1.165, 1.54) is 16.4 Å². The number of aromatic nitrogens is 3. The summed E-state index contributed by atoms with van der Waals surface area (Å²) in [6.45, 7) is 4.18. The Hall–Kier alpha value is -3.03. The Morgan fingerprint density at radius 2 is 1.88 bits per heavy atom. The third-order valence-corrected chi connectivity index (χ3v) is 7.63. The number of nitrogens with zero attached hydrogens (tertiary/aromatic N) is 4. The summed E-state index contributed by atoms with van der Waals surface area (Å²) in [6.07, 6.45) is 0. The molecule has 0 atom stereocenters. The number of halogens is 2. The van der Waals surface area contributed by atoms with Crippen LogP contribution in [-0.4, -0.2) is 52.3 Å². The molecular weight excluding hydrogens is 474 g/mol. The lowest BCUT2D eigenvalue weighted by Gasteiger charge is -2.18. The first kappa shape index (κ1) is 24.6. The maximum Gasteiger partial charge on any atom is 0.243 e. The molecule has 3 rings (SSSR count). The molecule has 0 saturated heterocycles. The van der Waals surface area contributed by atoms with Gasteiger partial charge in [-0.3, -0.25) is 4.79 Å². The van der Waals surface area contributed by atoms with Crippen molar-refractivity contribution in [3.63, 3.8) is 0 Å². The molecule has 0 spiro atoms. The minimum atomic E-state index is -3.67. The number of sulfonamides is 1. The Balaban J connectivity index is 1.74. The molecule has 1 aromatic heterocycles. The van der Waals surface area contributed by atoms with E-state index in [1.54, 1.807) is 26.0 Å². The lowest BCUT2D eigenvalue weighted by molar-refractivity contribution is -0.113. The van der Waals surface area contributed by atoms with Gasteiger partial charge in [-0.05, 0) is 24.3 Å². The summed E-state index contributed by atoms with van der Waals surface area (Å²) in [6, 6.07) is 8.99. The summed E-state index contributed by atoms with van der Waals surface area (Å²) in [7, 11) is -3.67. The van der Waals surface area contributed by atoms with Gasteiger partial charge >= 0.3 is 0 Å². The van der Waals surface area contributed by atoms with Crippen LogP contribution in [0.2, 0.25) is 0 Å². The molecule has 0 fully saturated rings. The van der Waals surface area contributed by atoms with Gasteiger partial charge in [0.05, 0.1) is 16.3 Å². The Morgan fingerprint density at radius 1 is 1.15 bits per heavy atom. The van der Waals surface area contributed by atoms with E-state index in [-0.39, 0.29) is 27.3 Å². The number of nitrogens with one attached hydrogen (secondary N) is 1. The summed E-state index contributed by atoms with van der Waals surface area (Å²) in [5, 5.41) is 10.5. The molecule has 0 aliphatic heterocycles. The summed E-state index contributed by atoms with van der Waals surface area (Å²) >= 11 is 0.950. The number of benzene rings is 2. The molecule has 0 aliphatic carbocycles. The van der Waals surface area contributed by atoms with Crippen LogP contribution in [-0.2, 0) is 14.8 Å². The van der Waals surface area contributed by atoms with Crippen LogP contribution in [0.4, 0.5) is 14.5 Å². The van der Waals surface area contributed by atoms with Gasteiger partial charge in [-0.25, -0.2) is 21.9 Å². The van der Waals surface area contributed by atoms with Gasteiger partial charge in [0.25, 0.3) is 0 Å². The van der Waals surface area contributed by atoms with Gasteiger partial charge in [-0.15, -0.1) is 10.2 Å². The molecule has 0 aliphatic rings. The van der Waals surface area contributed by atoms with E-state index in [4.69, 9.17) is 5.84 Å². The maximum atomic E-state index is 13.7. The molecular formula is C20H22F2N6O3S2. The Labute approximate surface area is 194 Å². The van der Waals surface area contributed by atoms with E-state index in [0.29, 0.717) is 24.7 Å². The van der Waals surface area contributed by atoms with Gasteiger partial charge < -0.3 is 11.2 Å². The van der Waals surface area contributed by atoms with Crippen molar-refractivity contribution >= 4 is 33.4 Å². The zero-order chi connectivity index (χ0) is 24.2. The standard InChI is InChI=1S/C20H22F2N6O3S2/c1-3-27(4-2)33(30,31)15-7-5-6-13(10-15)19-25-26-20(28(19)23)32-12-18(29)24-17-9-8-14(21)11-16(17)22/h5-11H,3-4,12,23H2,1-2H3,(H,24,29). The zero-order valence-corrected chi connectivity index (χ0v) is 19.5. The molecule has 0 radical (unpaired) electrons. The highest BCUT2D eigenvalue weighted by Crippen LogP contribution is 2.25. The topological polar surface area (TPSA) is 123 Å². The third kappa shape index (κ3) is 5.49. The second kappa shape index (κ2) is 10.3. The van der Waals surface area contributed by atoms with Gasteiger partial charge in [0.15, 0.2) is 5.82 Å². The quantitative estimate of drug-likeness (QED) is 0.345. The summed E-state index contributed by atoms with van der Waals surface area (Å²) in [5.41, 5.74) is 0.283. The van der Waals surface area contributed by atoms with Gasteiger partial charge in [-0.1, -0.05) is 37.7 Å². The highest BCUT2D eigenvalue weighted by Gasteiger charge is 2.23. The normalized spacial score (nSPS) is 11.7. The lowest BCUT2D eigenvalue weighted by atomic mass is 10.2. The molecule has 9 nitrogen and oxygen atoms in total. The monoisotopic (exact) mass is 496 g/mol. The van der Waals surface area contributed by atoms with Crippen molar-refractivity contribution in [3.05, 3.63) is 54.1 Å². The maximum absolute atomic E-state index is 13.7. The molecule has 0 saturated carbocycles. The van der Waals surface area contributed by atoms with Gasteiger partial charge in [-0.2, -0.15) is 4.31 Å². The molecule has 13 heteroatoms. The van der Waals surface area contributed by atoms with E-state index in [0.717, 1.165) is 28.6 Å². The largest absolute Gasteiger partial charge is 0.335 e. The van der Waals surface area contributed by atoms with Crippen molar-refractivity contribution in [1.82, 2.24) is 19.2 Å². The van der Waals surface area contributed by atoms with Crippen LogP contribution in [0.5, 0.6) is 0 Å². The predicted octanol–water partition coefficient (Wildman–Crippen LogP) is 2.70. The molecule has 176 valence electrons. The van der Waals surface area contributed by atoms with Gasteiger partial charge in [0.2, 0.25) is 21.1 Å². The predicted molar refractivity (Wildman–Crippen MR) is 121 cm³/mol. The SMILES string of the molecule is CCN(CC)S(=O)(=O)c1cccc(-c2nnc(SCC(=O)Nc3ccc(F)cc3F)n2N)c1. The zero-order valence-electron chi connectivity index (χ0n) is 17.8. The minimum absolute atomic E-state index is 0.0987. The number of anilines is 1. The van der Waals surface area contributed by atoms with Crippen molar-refractivity contribution in [2.45, 2.75) is 23.9 Å². The van der Waals surface area contributed by atoms with Crippen LogP contribution in [0.25, 0.3) is 11.4 Å². The van der Waals surface area contributed by atoms with Crippen molar-refractivity contribution in [2.24, 2.45) is 0 Å². The highest BCUT2D eigenvalue weighted by atomic mass is 32.2. The summed E-state index contributed by atoms with van der Waals surface area (Å²) in [4.78, 5) is 12.2. The molecule has 0 unspecified atom stereocenters. The molecule has 1 heterocycles. The average Bonchev–Trinajstić information content (AvgIpc) is 3.15. The number of carbonyl (C=O) groups is 1. The van der Waals surface area contributed by atoms with Crippen molar-refractivity contribution < 1.29 is 22.0 Å². The number of carbonyl (C=O) groups excluding carboxylic acids is 1. The number of hydrogen-bond donors (Lipinski definition) is 2. The fourth-order valence-corrected chi connectivity index (χ4v) is 5.15. The lowest BCUT2D eigenvalue weighted by Crippen LogP contribution is -2.30. The van der Waals surface area contributed by atoms with Crippen LogP contribution in [0.1, 0.15) is 13.8 Å². The van der Waals surface area contributed by atoms with Crippen LogP contribution in [0.3, 0.4) is 0 Å². The van der Waals surface area contributed by atoms with Crippen molar-refractivity contribution in [2.75, 3.05) is 30.0 Å². The molecule has 3 N–H and O–H groups in total. The van der Waals surface area contributed by atoms with Crippen LogP contribution >= 0.6 is 11.8 Å². The number of amides is 1. The molecule has 1 amide bonds. The molecule has 33 heavy (non-hydrogen) atoms. The molecule has 0 bridgehead atoms. The van der Waals surface area contributed by atoms with Crippen LogP contribution < -0.4 is 11.2 Å². The van der Waals surface area contributed by atoms with Crippen molar-refractivity contribution in [1.29, 1.82) is 0 Å².